The van der Waals surface area contributed by atoms with Crippen molar-refractivity contribution in [3.63, 3.8) is 0 Å². The molecule has 0 nitrogen and oxygen atoms in total. The van der Waals surface area contributed by atoms with Gasteiger partial charge in [-0.2, -0.15) is 0 Å². The van der Waals surface area contributed by atoms with Crippen LogP contribution in [0.5, 0.6) is 0 Å². The van der Waals surface area contributed by atoms with Gasteiger partial charge in [0, 0.05) is 19.2 Å². The van der Waals surface area contributed by atoms with E-state index >= 15 is 0 Å². The summed E-state index contributed by atoms with van der Waals surface area (Å²) in [5.74, 6) is 0. The highest BCUT2D eigenvalue weighted by Crippen LogP contribution is 2.08. The van der Waals surface area contributed by atoms with Crippen molar-refractivity contribution in [2.75, 3.05) is 5.33 Å². The Bertz CT molecular complexity index is 37.3. The second-order valence-electron chi connectivity index (χ2n) is 1.06. The van der Waals surface area contributed by atoms with Crippen molar-refractivity contribution in [2.45, 2.75) is 5.67 Å². The van der Waals surface area contributed by atoms with Gasteiger partial charge < -0.3 is 0 Å². The second-order valence-corrected chi connectivity index (χ2v) is 1.62. The average Bonchev–Trinajstić information content (AvgIpc) is 1.35. The molecule has 0 aliphatic rings. The van der Waals surface area contributed by atoms with Crippen molar-refractivity contribution < 1.29 is 4.39 Å². The molecular formula is C4H4BrF. The smallest absolute Gasteiger partial charge is 0.127 e. The van der Waals surface area contributed by atoms with Gasteiger partial charge in [-0.1, -0.05) is 15.9 Å². The monoisotopic (exact) mass is 150 g/mol. The van der Waals surface area contributed by atoms with E-state index in [1.165, 1.54) is 0 Å². The molecule has 0 aromatic heterocycles. The minimum Gasteiger partial charge on any atom is -0.242 e. The Morgan fingerprint density at radius 1 is 1.67 bits per heavy atom. The lowest BCUT2D eigenvalue weighted by atomic mass is 10.2. The molecule has 0 fully saturated rings. The molecule has 0 spiro atoms. The molecule has 0 aliphatic carbocycles. The van der Waals surface area contributed by atoms with E-state index in [9.17, 15) is 4.39 Å². The van der Waals surface area contributed by atoms with E-state index < -0.39 is 5.67 Å². The van der Waals surface area contributed by atoms with Gasteiger partial charge in [-0.05, 0) is 0 Å². The summed E-state index contributed by atoms with van der Waals surface area (Å²) < 4.78 is 11.6. The molecule has 0 rings (SSSR count). The topological polar surface area (TPSA) is 0 Å². The molecule has 2 heteroatoms. The molecule has 4 radical (unpaired) electrons. The van der Waals surface area contributed by atoms with E-state index in [4.69, 9.17) is 0 Å². The van der Waals surface area contributed by atoms with Crippen molar-refractivity contribution in [1.29, 1.82) is 0 Å². The van der Waals surface area contributed by atoms with E-state index in [0.29, 0.717) is 0 Å². The first kappa shape index (κ1) is 6.41. The minimum atomic E-state index is -2.04. The molecule has 0 bridgehead atoms. The molecule has 34 valence electrons. The zero-order valence-corrected chi connectivity index (χ0v) is 4.70. The molecule has 0 heterocycles. The Labute approximate surface area is 45.9 Å². The molecule has 0 amide bonds. The molecule has 0 aromatic carbocycles. The van der Waals surface area contributed by atoms with Crippen LogP contribution in [0.3, 0.4) is 0 Å². The molecule has 0 saturated carbocycles. The lowest BCUT2D eigenvalue weighted by molar-refractivity contribution is 0.330. The Balaban J connectivity index is 3.17. The van der Waals surface area contributed by atoms with Gasteiger partial charge in [-0.15, -0.1) is 0 Å². The van der Waals surface area contributed by atoms with E-state index in [1.54, 1.807) is 0 Å². The summed E-state index contributed by atoms with van der Waals surface area (Å²) in [4.78, 5) is 0. The zero-order valence-electron chi connectivity index (χ0n) is 3.12. The lowest BCUT2D eigenvalue weighted by Crippen LogP contribution is -2.13. The van der Waals surface area contributed by atoms with Gasteiger partial charge in [0.2, 0.25) is 0 Å². The van der Waals surface area contributed by atoms with Crippen LogP contribution in [0.4, 0.5) is 4.39 Å². The van der Waals surface area contributed by atoms with Crippen molar-refractivity contribution in [3.8, 4) is 0 Å². The van der Waals surface area contributed by atoms with Gasteiger partial charge in [0.15, 0.2) is 0 Å². The summed E-state index contributed by atoms with van der Waals surface area (Å²) in [5, 5.41) is -0.0278. The minimum absolute atomic E-state index is 0.0278. The van der Waals surface area contributed by atoms with Crippen LogP contribution in [0.2, 0.25) is 0 Å². The highest BCUT2D eigenvalue weighted by Gasteiger charge is 2.12. The Kier molecular flexibility index (Phi) is 2.05. The summed E-state index contributed by atoms with van der Waals surface area (Å²) >= 11 is 2.74. The van der Waals surface area contributed by atoms with Crippen LogP contribution in [0.15, 0.2) is 0 Å². The Morgan fingerprint density at radius 2 is 1.83 bits per heavy atom. The maximum absolute atomic E-state index is 11.6. The Hall–Kier alpha value is 0.410. The standard InChI is InChI=1S/C4H4BrF/c1-4(2,6)3-5/h1-2H,3H2. The molecule has 0 atom stereocenters. The number of hydrogen-bond donors (Lipinski definition) is 0. The van der Waals surface area contributed by atoms with Gasteiger partial charge in [0.05, 0.1) is 0 Å². The second kappa shape index (κ2) is 1.92. The van der Waals surface area contributed by atoms with Crippen LogP contribution < -0.4 is 0 Å². The van der Waals surface area contributed by atoms with Gasteiger partial charge in [0.25, 0.3) is 0 Å². The predicted molar refractivity (Wildman–Crippen MR) is 26.2 cm³/mol. The summed E-state index contributed by atoms with van der Waals surface area (Å²) in [6.07, 6.45) is 0. The molecule has 0 unspecified atom stereocenters. The van der Waals surface area contributed by atoms with Gasteiger partial charge in [-0.3, -0.25) is 0 Å². The molecule has 6 heavy (non-hydrogen) atoms. The van der Waals surface area contributed by atoms with Crippen molar-refractivity contribution in [1.82, 2.24) is 0 Å². The third-order valence-corrected chi connectivity index (χ3v) is 1.06. The van der Waals surface area contributed by atoms with Gasteiger partial charge in [-0.25, -0.2) is 4.39 Å². The number of halogens is 2. The first-order chi connectivity index (χ1) is 2.56. The van der Waals surface area contributed by atoms with Crippen LogP contribution in [0, 0.1) is 13.8 Å². The molecule has 0 aliphatic heterocycles. The highest BCUT2D eigenvalue weighted by molar-refractivity contribution is 9.09. The summed E-state index contributed by atoms with van der Waals surface area (Å²) in [5.41, 5.74) is -2.04. The quantitative estimate of drug-likeness (QED) is 0.498. The fourth-order valence-corrected chi connectivity index (χ4v) is 0. The summed E-state index contributed by atoms with van der Waals surface area (Å²) in [7, 11) is 0. The highest BCUT2D eigenvalue weighted by atomic mass is 79.9. The zero-order chi connectivity index (χ0) is 5.21. The lowest BCUT2D eigenvalue weighted by Gasteiger charge is -2.04. The van der Waals surface area contributed by atoms with Gasteiger partial charge >= 0.3 is 0 Å². The maximum atomic E-state index is 11.6. The molecule has 0 saturated heterocycles. The van der Waals surface area contributed by atoms with Crippen LogP contribution >= 0.6 is 15.9 Å². The van der Waals surface area contributed by atoms with E-state index in [2.05, 4.69) is 29.8 Å². The average molecular weight is 151 g/mol. The number of rotatable bonds is 1. The van der Waals surface area contributed by atoms with Crippen LogP contribution in [0.25, 0.3) is 0 Å². The van der Waals surface area contributed by atoms with Crippen molar-refractivity contribution in [2.24, 2.45) is 0 Å². The fraction of sp³-hybridized carbons (Fsp3) is 0.500. The van der Waals surface area contributed by atoms with E-state index in [-0.39, 0.29) is 5.33 Å². The summed E-state index contributed by atoms with van der Waals surface area (Å²) in [6.45, 7) is 9.20. The van der Waals surface area contributed by atoms with Crippen molar-refractivity contribution >= 4 is 15.9 Å². The van der Waals surface area contributed by atoms with E-state index in [1.807, 2.05) is 0 Å². The predicted octanol–water partition coefficient (Wildman–Crippen LogP) is 1.51. The van der Waals surface area contributed by atoms with E-state index in [0.717, 1.165) is 0 Å². The Morgan fingerprint density at radius 3 is 1.83 bits per heavy atom. The SMILES string of the molecule is [CH]C([CH])(F)CBr. The maximum Gasteiger partial charge on any atom is 0.127 e. The van der Waals surface area contributed by atoms with Crippen molar-refractivity contribution in [3.05, 3.63) is 13.8 Å². The fourth-order valence-electron chi connectivity index (χ4n) is 0. The van der Waals surface area contributed by atoms with Crippen LogP contribution in [0.1, 0.15) is 0 Å². The molecular weight excluding hydrogens is 147 g/mol. The summed E-state index contributed by atoms with van der Waals surface area (Å²) in [6, 6.07) is 0. The third-order valence-electron chi connectivity index (χ3n) is 0.205. The van der Waals surface area contributed by atoms with Crippen LogP contribution in [-0.2, 0) is 0 Å². The first-order valence-corrected chi connectivity index (χ1v) is 2.51. The van der Waals surface area contributed by atoms with Crippen LogP contribution in [-0.4, -0.2) is 11.0 Å². The number of hydrogen-bond acceptors (Lipinski definition) is 0. The van der Waals surface area contributed by atoms with Gasteiger partial charge in [0.1, 0.15) is 5.67 Å². The normalized spacial score (nSPS) is 12.0. The third kappa shape index (κ3) is 4.41. The first-order valence-electron chi connectivity index (χ1n) is 1.39. The number of alkyl halides is 2. The molecule has 0 N–H and O–H groups in total. The molecule has 0 aromatic rings. The largest absolute Gasteiger partial charge is 0.242 e.